The minimum absolute atomic E-state index is 0.00206. The SMILES string of the molecule is FC(F)Oc1ccc2nc(Cc3ccc(C(F)(F)F)cc3)[nH]c2c1. The van der Waals surface area contributed by atoms with Crippen LogP contribution in [0.15, 0.2) is 42.5 Å². The van der Waals surface area contributed by atoms with E-state index in [1.165, 1.54) is 30.3 Å². The van der Waals surface area contributed by atoms with Crippen molar-refractivity contribution < 1.29 is 26.7 Å². The zero-order valence-electron chi connectivity index (χ0n) is 12.1. The summed E-state index contributed by atoms with van der Waals surface area (Å²) in [6, 6.07) is 9.06. The van der Waals surface area contributed by atoms with Crippen molar-refractivity contribution in [3.8, 4) is 5.75 Å². The first kappa shape index (κ1) is 16.2. The summed E-state index contributed by atoms with van der Waals surface area (Å²) in [5.41, 5.74) is 0.990. The van der Waals surface area contributed by atoms with E-state index < -0.39 is 18.4 Å². The fourth-order valence-corrected chi connectivity index (χ4v) is 2.31. The van der Waals surface area contributed by atoms with Crippen LogP contribution in [0.1, 0.15) is 17.0 Å². The Labute approximate surface area is 133 Å². The van der Waals surface area contributed by atoms with Crippen LogP contribution in [0.4, 0.5) is 22.0 Å². The average Bonchev–Trinajstić information content (AvgIpc) is 2.87. The topological polar surface area (TPSA) is 37.9 Å². The number of aromatic nitrogens is 2. The van der Waals surface area contributed by atoms with E-state index in [9.17, 15) is 22.0 Å². The summed E-state index contributed by atoms with van der Waals surface area (Å²) in [6.07, 6.45) is -4.09. The number of halogens is 5. The van der Waals surface area contributed by atoms with E-state index in [0.717, 1.165) is 12.1 Å². The van der Waals surface area contributed by atoms with Crippen molar-refractivity contribution in [2.24, 2.45) is 0 Å². The lowest BCUT2D eigenvalue weighted by molar-refractivity contribution is -0.137. The number of hydrogen-bond acceptors (Lipinski definition) is 2. The summed E-state index contributed by atoms with van der Waals surface area (Å²) in [7, 11) is 0. The van der Waals surface area contributed by atoms with Crippen LogP contribution in [0, 0.1) is 0 Å². The van der Waals surface area contributed by atoms with Gasteiger partial charge in [-0.1, -0.05) is 12.1 Å². The highest BCUT2D eigenvalue weighted by molar-refractivity contribution is 5.76. The standard InChI is InChI=1S/C16H11F5N2O/c17-15(18)24-11-5-6-12-13(8-11)23-14(22-12)7-9-1-3-10(4-2-9)16(19,20)21/h1-6,8,15H,7H2,(H,22,23). The van der Waals surface area contributed by atoms with Crippen LogP contribution in [0.2, 0.25) is 0 Å². The van der Waals surface area contributed by atoms with Crippen molar-refractivity contribution in [3.63, 3.8) is 0 Å². The van der Waals surface area contributed by atoms with E-state index in [1.807, 2.05) is 0 Å². The Morgan fingerprint density at radius 2 is 1.75 bits per heavy atom. The van der Waals surface area contributed by atoms with Gasteiger partial charge in [-0.15, -0.1) is 0 Å². The molecule has 0 spiro atoms. The number of rotatable bonds is 4. The van der Waals surface area contributed by atoms with Gasteiger partial charge < -0.3 is 9.72 Å². The minimum Gasteiger partial charge on any atom is -0.435 e. The Morgan fingerprint density at radius 1 is 1.04 bits per heavy atom. The second kappa shape index (κ2) is 6.10. The highest BCUT2D eigenvalue weighted by Crippen LogP contribution is 2.29. The van der Waals surface area contributed by atoms with Crippen LogP contribution in [0.3, 0.4) is 0 Å². The number of fused-ring (bicyclic) bond motifs is 1. The lowest BCUT2D eigenvalue weighted by Gasteiger charge is -2.06. The Kier molecular flexibility index (Phi) is 4.13. The molecule has 1 heterocycles. The normalized spacial score (nSPS) is 12.1. The van der Waals surface area contributed by atoms with E-state index in [1.54, 1.807) is 0 Å². The fraction of sp³-hybridized carbons (Fsp3) is 0.188. The van der Waals surface area contributed by atoms with Crippen molar-refractivity contribution in [1.29, 1.82) is 0 Å². The highest BCUT2D eigenvalue weighted by Gasteiger charge is 2.29. The molecule has 0 radical (unpaired) electrons. The van der Waals surface area contributed by atoms with Crippen molar-refractivity contribution in [3.05, 3.63) is 59.4 Å². The predicted octanol–water partition coefficient (Wildman–Crippen LogP) is 4.77. The molecule has 3 rings (SSSR count). The molecule has 0 amide bonds. The zero-order chi connectivity index (χ0) is 17.3. The van der Waals surface area contributed by atoms with E-state index in [-0.39, 0.29) is 12.2 Å². The van der Waals surface area contributed by atoms with E-state index in [2.05, 4.69) is 14.7 Å². The molecule has 24 heavy (non-hydrogen) atoms. The molecule has 1 aromatic heterocycles. The number of aromatic amines is 1. The molecular weight excluding hydrogens is 331 g/mol. The lowest BCUT2D eigenvalue weighted by atomic mass is 10.1. The number of alkyl halides is 5. The summed E-state index contributed by atoms with van der Waals surface area (Å²) in [5.74, 6) is 0.515. The van der Waals surface area contributed by atoms with Crippen LogP contribution in [0.25, 0.3) is 11.0 Å². The lowest BCUT2D eigenvalue weighted by Crippen LogP contribution is -2.04. The number of ether oxygens (including phenoxy) is 1. The molecule has 0 bridgehead atoms. The van der Waals surface area contributed by atoms with Gasteiger partial charge in [-0.2, -0.15) is 22.0 Å². The van der Waals surface area contributed by atoms with E-state index in [0.29, 0.717) is 22.4 Å². The summed E-state index contributed by atoms with van der Waals surface area (Å²) >= 11 is 0. The molecule has 1 N–H and O–H groups in total. The number of imidazole rings is 1. The molecular formula is C16H11F5N2O. The van der Waals surface area contributed by atoms with Gasteiger partial charge in [0.15, 0.2) is 0 Å². The first-order chi connectivity index (χ1) is 11.3. The van der Waals surface area contributed by atoms with E-state index >= 15 is 0 Å². The monoisotopic (exact) mass is 342 g/mol. The van der Waals surface area contributed by atoms with Gasteiger partial charge in [-0.25, -0.2) is 4.98 Å². The Morgan fingerprint density at radius 3 is 2.38 bits per heavy atom. The van der Waals surface area contributed by atoms with Crippen LogP contribution in [-0.2, 0) is 12.6 Å². The quantitative estimate of drug-likeness (QED) is 0.693. The van der Waals surface area contributed by atoms with Gasteiger partial charge in [0.25, 0.3) is 0 Å². The van der Waals surface area contributed by atoms with E-state index in [4.69, 9.17) is 0 Å². The second-order valence-corrected chi connectivity index (χ2v) is 5.11. The highest BCUT2D eigenvalue weighted by atomic mass is 19.4. The van der Waals surface area contributed by atoms with Crippen molar-refractivity contribution in [1.82, 2.24) is 9.97 Å². The van der Waals surface area contributed by atoms with Crippen LogP contribution in [0.5, 0.6) is 5.75 Å². The Balaban J connectivity index is 1.80. The summed E-state index contributed by atoms with van der Waals surface area (Å²) < 4.78 is 66.3. The summed E-state index contributed by atoms with van der Waals surface area (Å²) in [5, 5.41) is 0. The summed E-state index contributed by atoms with van der Waals surface area (Å²) in [6.45, 7) is -2.92. The zero-order valence-corrected chi connectivity index (χ0v) is 12.1. The molecule has 0 aliphatic heterocycles. The van der Waals surface area contributed by atoms with Crippen LogP contribution >= 0.6 is 0 Å². The maximum absolute atomic E-state index is 12.5. The van der Waals surface area contributed by atoms with Crippen LogP contribution < -0.4 is 4.74 Å². The molecule has 0 aliphatic carbocycles. The van der Waals surface area contributed by atoms with Gasteiger partial charge in [0.2, 0.25) is 0 Å². The number of hydrogen-bond donors (Lipinski definition) is 1. The largest absolute Gasteiger partial charge is 0.435 e. The van der Waals surface area contributed by atoms with Gasteiger partial charge in [0.05, 0.1) is 16.6 Å². The Hall–Kier alpha value is -2.64. The maximum atomic E-state index is 12.5. The first-order valence-electron chi connectivity index (χ1n) is 6.91. The number of H-pyrrole nitrogens is 1. The van der Waals surface area contributed by atoms with Crippen LogP contribution in [-0.4, -0.2) is 16.6 Å². The van der Waals surface area contributed by atoms with Crippen molar-refractivity contribution in [2.45, 2.75) is 19.2 Å². The molecule has 3 aromatic rings. The van der Waals surface area contributed by atoms with Gasteiger partial charge in [0.1, 0.15) is 11.6 Å². The number of nitrogens with zero attached hydrogens (tertiary/aromatic N) is 1. The number of nitrogens with one attached hydrogen (secondary N) is 1. The van der Waals surface area contributed by atoms with Gasteiger partial charge >= 0.3 is 12.8 Å². The molecule has 2 aromatic carbocycles. The number of benzene rings is 2. The molecule has 0 unspecified atom stereocenters. The summed E-state index contributed by atoms with van der Waals surface area (Å²) in [4.78, 5) is 7.22. The smallest absolute Gasteiger partial charge is 0.416 e. The molecule has 3 nitrogen and oxygen atoms in total. The third kappa shape index (κ3) is 3.64. The minimum atomic E-state index is -4.38. The van der Waals surface area contributed by atoms with Crippen molar-refractivity contribution >= 4 is 11.0 Å². The average molecular weight is 342 g/mol. The second-order valence-electron chi connectivity index (χ2n) is 5.11. The van der Waals surface area contributed by atoms with Crippen molar-refractivity contribution in [2.75, 3.05) is 0 Å². The predicted molar refractivity (Wildman–Crippen MR) is 77.0 cm³/mol. The fourth-order valence-electron chi connectivity index (χ4n) is 2.31. The van der Waals surface area contributed by atoms with Gasteiger partial charge in [0, 0.05) is 12.5 Å². The van der Waals surface area contributed by atoms with Gasteiger partial charge in [-0.3, -0.25) is 0 Å². The molecule has 126 valence electrons. The molecule has 0 saturated carbocycles. The Bertz CT molecular complexity index is 840. The van der Waals surface area contributed by atoms with Gasteiger partial charge in [-0.05, 0) is 29.8 Å². The first-order valence-corrected chi connectivity index (χ1v) is 6.91. The third-order valence-corrected chi connectivity index (χ3v) is 3.38. The third-order valence-electron chi connectivity index (χ3n) is 3.38. The molecule has 0 atom stereocenters. The molecule has 0 aliphatic rings. The molecule has 8 heteroatoms. The maximum Gasteiger partial charge on any atom is 0.416 e. The molecule has 0 saturated heterocycles. The molecule has 0 fully saturated rings.